The summed E-state index contributed by atoms with van der Waals surface area (Å²) in [6, 6.07) is 6.56. The Bertz CT molecular complexity index is 504. The number of hydrazine groups is 1. The lowest BCUT2D eigenvalue weighted by Crippen LogP contribution is -2.29. The molecule has 20 heavy (non-hydrogen) atoms. The normalized spacial score (nSPS) is 12.8. The van der Waals surface area contributed by atoms with E-state index in [1.165, 1.54) is 0 Å². The van der Waals surface area contributed by atoms with Crippen LogP contribution in [0.5, 0.6) is 0 Å². The fraction of sp³-hybridized carbons (Fsp3) is 0.467. The molecular formula is C15H23N5. The van der Waals surface area contributed by atoms with Crippen LogP contribution in [0.25, 0.3) is 0 Å². The Balaban J connectivity index is 2.09. The average molecular weight is 273 g/mol. The van der Waals surface area contributed by atoms with Crippen molar-refractivity contribution in [3.8, 4) is 0 Å². The van der Waals surface area contributed by atoms with Crippen LogP contribution in [-0.2, 0) is 6.42 Å². The zero-order valence-corrected chi connectivity index (χ0v) is 12.2. The number of nitrogens with one attached hydrogen (secondary N) is 1. The van der Waals surface area contributed by atoms with Gasteiger partial charge in [0.15, 0.2) is 0 Å². The SMILES string of the molecule is CCC(CC)n1ccc(CC(NN)c2ccncc2)n1. The molecule has 0 fully saturated rings. The molecule has 0 saturated carbocycles. The van der Waals surface area contributed by atoms with Gasteiger partial charge < -0.3 is 0 Å². The van der Waals surface area contributed by atoms with E-state index in [0.717, 1.165) is 30.5 Å². The molecule has 3 N–H and O–H groups in total. The van der Waals surface area contributed by atoms with Crippen LogP contribution in [0.2, 0.25) is 0 Å². The van der Waals surface area contributed by atoms with Gasteiger partial charge in [0.1, 0.15) is 0 Å². The van der Waals surface area contributed by atoms with E-state index in [0.29, 0.717) is 6.04 Å². The number of pyridine rings is 1. The molecule has 2 heterocycles. The summed E-state index contributed by atoms with van der Waals surface area (Å²) in [6.07, 6.45) is 8.59. The molecule has 0 amide bonds. The van der Waals surface area contributed by atoms with Crippen molar-refractivity contribution in [1.29, 1.82) is 0 Å². The second-order valence-electron chi connectivity index (χ2n) is 4.96. The van der Waals surface area contributed by atoms with Gasteiger partial charge in [0, 0.05) is 25.0 Å². The molecule has 0 bridgehead atoms. The van der Waals surface area contributed by atoms with E-state index in [1.807, 2.05) is 12.1 Å². The summed E-state index contributed by atoms with van der Waals surface area (Å²) >= 11 is 0. The Morgan fingerprint density at radius 3 is 2.50 bits per heavy atom. The molecule has 2 aromatic heterocycles. The molecule has 1 unspecified atom stereocenters. The average Bonchev–Trinajstić information content (AvgIpc) is 2.95. The van der Waals surface area contributed by atoms with Crippen LogP contribution >= 0.6 is 0 Å². The van der Waals surface area contributed by atoms with Gasteiger partial charge in [0.05, 0.1) is 17.8 Å². The van der Waals surface area contributed by atoms with Gasteiger partial charge in [-0.2, -0.15) is 5.10 Å². The molecule has 0 saturated heterocycles. The predicted molar refractivity (Wildman–Crippen MR) is 79.9 cm³/mol. The van der Waals surface area contributed by atoms with Crippen LogP contribution in [0.4, 0.5) is 0 Å². The zero-order valence-electron chi connectivity index (χ0n) is 12.2. The zero-order chi connectivity index (χ0) is 14.4. The number of rotatable bonds is 7. The Morgan fingerprint density at radius 2 is 1.90 bits per heavy atom. The summed E-state index contributed by atoms with van der Waals surface area (Å²) < 4.78 is 2.06. The van der Waals surface area contributed by atoms with Gasteiger partial charge >= 0.3 is 0 Å². The maximum absolute atomic E-state index is 5.67. The quantitative estimate of drug-likeness (QED) is 0.600. The highest BCUT2D eigenvalue weighted by atomic mass is 15.3. The van der Waals surface area contributed by atoms with Gasteiger partial charge in [0.2, 0.25) is 0 Å². The first kappa shape index (κ1) is 14.7. The molecule has 5 heteroatoms. The summed E-state index contributed by atoms with van der Waals surface area (Å²) in [4.78, 5) is 4.03. The second kappa shape index (κ2) is 7.17. The summed E-state index contributed by atoms with van der Waals surface area (Å²) in [6.45, 7) is 4.38. The Morgan fingerprint density at radius 1 is 1.20 bits per heavy atom. The van der Waals surface area contributed by atoms with Gasteiger partial charge in [-0.15, -0.1) is 0 Å². The van der Waals surface area contributed by atoms with Crippen LogP contribution in [0.1, 0.15) is 50.0 Å². The molecular weight excluding hydrogens is 250 g/mol. The first-order chi connectivity index (χ1) is 9.78. The highest BCUT2D eigenvalue weighted by Gasteiger charge is 2.13. The summed E-state index contributed by atoms with van der Waals surface area (Å²) in [5, 5.41) is 4.67. The topological polar surface area (TPSA) is 68.8 Å². The molecule has 0 aromatic carbocycles. The van der Waals surface area contributed by atoms with Crippen molar-refractivity contribution in [3.05, 3.63) is 48.0 Å². The van der Waals surface area contributed by atoms with Crippen LogP contribution in [0.15, 0.2) is 36.8 Å². The lowest BCUT2D eigenvalue weighted by molar-refractivity contribution is 0.422. The van der Waals surface area contributed by atoms with Gasteiger partial charge in [-0.1, -0.05) is 13.8 Å². The molecule has 5 nitrogen and oxygen atoms in total. The van der Waals surface area contributed by atoms with Crippen molar-refractivity contribution in [2.75, 3.05) is 0 Å². The molecule has 0 spiro atoms. The van der Waals surface area contributed by atoms with Crippen molar-refractivity contribution in [2.24, 2.45) is 5.84 Å². The first-order valence-electron chi connectivity index (χ1n) is 7.18. The number of hydrogen-bond acceptors (Lipinski definition) is 4. The fourth-order valence-corrected chi connectivity index (χ4v) is 2.43. The monoisotopic (exact) mass is 273 g/mol. The van der Waals surface area contributed by atoms with E-state index in [2.05, 4.69) is 46.3 Å². The van der Waals surface area contributed by atoms with Crippen molar-refractivity contribution >= 4 is 0 Å². The van der Waals surface area contributed by atoms with Crippen molar-refractivity contribution in [3.63, 3.8) is 0 Å². The third-order valence-electron chi connectivity index (χ3n) is 3.70. The molecule has 0 aliphatic carbocycles. The summed E-state index contributed by atoms with van der Waals surface area (Å²) in [5.74, 6) is 5.67. The number of hydrogen-bond donors (Lipinski definition) is 2. The van der Waals surface area contributed by atoms with Crippen molar-refractivity contribution in [1.82, 2.24) is 20.2 Å². The first-order valence-corrected chi connectivity index (χ1v) is 7.18. The molecule has 0 radical (unpaired) electrons. The van der Waals surface area contributed by atoms with Crippen molar-refractivity contribution in [2.45, 2.75) is 45.2 Å². The largest absolute Gasteiger partial charge is 0.271 e. The van der Waals surface area contributed by atoms with Crippen LogP contribution in [-0.4, -0.2) is 14.8 Å². The minimum Gasteiger partial charge on any atom is -0.271 e. The Kier molecular flexibility index (Phi) is 5.26. The fourth-order valence-electron chi connectivity index (χ4n) is 2.43. The standard InChI is InChI=1S/C15H23N5/c1-3-14(4-2)20-10-7-13(19-20)11-15(18-16)12-5-8-17-9-6-12/h5-10,14-15,18H,3-4,11,16H2,1-2H3. The minimum atomic E-state index is 0.0584. The molecule has 1 atom stereocenters. The van der Waals surface area contributed by atoms with Crippen molar-refractivity contribution < 1.29 is 0 Å². The van der Waals surface area contributed by atoms with Crippen LogP contribution in [0, 0.1) is 0 Å². The Labute approximate surface area is 120 Å². The molecule has 2 rings (SSSR count). The van der Waals surface area contributed by atoms with Gasteiger partial charge in [-0.05, 0) is 36.6 Å². The smallest absolute Gasteiger partial charge is 0.0644 e. The maximum atomic E-state index is 5.67. The molecule has 108 valence electrons. The molecule has 2 aromatic rings. The number of nitrogens with zero attached hydrogens (tertiary/aromatic N) is 3. The van der Waals surface area contributed by atoms with E-state index in [9.17, 15) is 0 Å². The summed E-state index contributed by atoms with van der Waals surface area (Å²) in [5.41, 5.74) is 5.03. The third kappa shape index (κ3) is 3.43. The van der Waals surface area contributed by atoms with E-state index >= 15 is 0 Å². The minimum absolute atomic E-state index is 0.0584. The summed E-state index contributed by atoms with van der Waals surface area (Å²) in [7, 11) is 0. The lowest BCUT2D eigenvalue weighted by atomic mass is 10.0. The predicted octanol–water partition coefficient (Wildman–Crippen LogP) is 2.39. The van der Waals surface area contributed by atoms with Crippen LogP contribution < -0.4 is 11.3 Å². The maximum Gasteiger partial charge on any atom is 0.0644 e. The number of aromatic nitrogens is 3. The van der Waals surface area contributed by atoms with E-state index in [4.69, 9.17) is 5.84 Å². The highest BCUT2D eigenvalue weighted by Crippen LogP contribution is 2.18. The lowest BCUT2D eigenvalue weighted by Gasteiger charge is -2.15. The van der Waals surface area contributed by atoms with Gasteiger partial charge in [-0.3, -0.25) is 20.9 Å². The molecule has 0 aliphatic heterocycles. The van der Waals surface area contributed by atoms with Gasteiger partial charge in [0.25, 0.3) is 0 Å². The van der Waals surface area contributed by atoms with Gasteiger partial charge in [-0.25, -0.2) is 0 Å². The second-order valence-corrected chi connectivity index (χ2v) is 4.96. The third-order valence-corrected chi connectivity index (χ3v) is 3.70. The van der Waals surface area contributed by atoms with E-state index in [1.54, 1.807) is 12.4 Å². The molecule has 0 aliphatic rings. The van der Waals surface area contributed by atoms with E-state index < -0.39 is 0 Å². The van der Waals surface area contributed by atoms with Crippen LogP contribution in [0.3, 0.4) is 0 Å². The Hall–Kier alpha value is -1.72. The van der Waals surface area contributed by atoms with E-state index in [-0.39, 0.29) is 6.04 Å². The highest BCUT2D eigenvalue weighted by molar-refractivity contribution is 5.17. The number of nitrogens with two attached hydrogens (primary N) is 1.